The first-order valence-electron chi connectivity index (χ1n) is 5.80. The number of thioether (sulfide) groups is 1. The summed E-state index contributed by atoms with van der Waals surface area (Å²) in [5.74, 6) is 0.530. The first-order chi connectivity index (χ1) is 8.67. The maximum atomic E-state index is 11.7. The Bertz CT molecular complexity index is 404. The highest BCUT2D eigenvalue weighted by molar-refractivity contribution is 7.97. The van der Waals surface area contributed by atoms with Crippen LogP contribution in [0, 0.1) is 0 Å². The molecule has 1 rings (SSSR count). The molecule has 2 N–H and O–H groups in total. The van der Waals surface area contributed by atoms with Crippen molar-refractivity contribution < 1.29 is 9.59 Å². The van der Waals surface area contributed by atoms with Gasteiger partial charge < -0.3 is 10.6 Å². The van der Waals surface area contributed by atoms with E-state index in [0.717, 1.165) is 5.75 Å². The lowest BCUT2D eigenvalue weighted by Gasteiger charge is -2.06. The van der Waals surface area contributed by atoms with E-state index < -0.39 is 0 Å². The smallest absolute Gasteiger partial charge is 0.251 e. The third-order valence-electron chi connectivity index (χ3n) is 2.31. The summed E-state index contributed by atoms with van der Waals surface area (Å²) in [6.45, 7) is 2.42. The molecule has 0 spiro atoms. The van der Waals surface area contributed by atoms with Gasteiger partial charge in [-0.2, -0.15) is 11.8 Å². The van der Waals surface area contributed by atoms with E-state index in [0.29, 0.717) is 12.1 Å². The fraction of sp³-hybridized carbons (Fsp3) is 0.385. The molecule has 0 saturated carbocycles. The summed E-state index contributed by atoms with van der Waals surface area (Å²) in [6.07, 6.45) is 2.03. The van der Waals surface area contributed by atoms with E-state index in [1.165, 1.54) is 5.56 Å². The van der Waals surface area contributed by atoms with Crippen molar-refractivity contribution in [2.75, 3.05) is 19.3 Å². The Hall–Kier alpha value is -1.49. The largest absolute Gasteiger partial charge is 0.355 e. The second-order valence-corrected chi connectivity index (χ2v) is 4.63. The average Bonchev–Trinajstić information content (AvgIpc) is 2.37. The molecule has 0 atom stereocenters. The van der Waals surface area contributed by atoms with Crippen molar-refractivity contribution in [2.24, 2.45) is 0 Å². The zero-order chi connectivity index (χ0) is 13.4. The summed E-state index contributed by atoms with van der Waals surface area (Å²) in [7, 11) is 0. The number of amides is 2. The van der Waals surface area contributed by atoms with Crippen molar-refractivity contribution in [3.05, 3.63) is 35.4 Å². The van der Waals surface area contributed by atoms with Crippen LogP contribution in [0.5, 0.6) is 0 Å². The second-order valence-electron chi connectivity index (χ2n) is 3.77. The van der Waals surface area contributed by atoms with Gasteiger partial charge in [-0.05, 0) is 30.9 Å². The Morgan fingerprint density at radius 2 is 1.83 bits per heavy atom. The first kappa shape index (κ1) is 14.6. The van der Waals surface area contributed by atoms with Crippen LogP contribution < -0.4 is 10.6 Å². The molecule has 0 aliphatic heterocycles. The van der Waals surface area contributed by atoms with Gasteiger partial charge in [-0.1, -0.05) is 12.1 Å². The summed E-state index contributed by atoms with van der Waals surface area (Å²) < 4.78 is 0. The van der Waals surface area contributed by atoms with Crippen LogP contribution in [0.25, 0.3) is 0 Å². The third kappa shape index (κ3) is 4.79. The van der Waals surface area contributed by atoms with Gasteiger partial charge in [0.15, 0.2) is 0 Å². The van der Waals surface area contributed by atoms with Crippen LogP contribution in [0.15, 0.2) is 24.3 Å². The average molecular weight is 266 g/mol. The van der Waals surface area contributed by atoms with E-state index in [2.05, 4.69) is 10.6 Å². The van der Waals surface area contributed by atoms with E-state index in [-0.39, 0.29) is 18.4 Å². The molecule has 98 valence electrons. The molecule has 0 aromatic heterocycles. The number of benzene rings is 1. The second kappa shape index (κ2) is 7.76. The van der Waals surface area contributed by atoms with E-state index in [1.54, 1.807) is 23.9 Å². The normalized spacial score (nSPS) is 9.89. The highest BCUT2D eigenvalue weighted by atomic mass is 32.2. The molecule has 2 amide bonds. The van der Waals surface area contributed by atoms with Crippen LogP contribution in [-0.4, -0.2) is 31.2 Å². The standard InChI is InChI=1S/C13H18N2O2S/c1-3-14-12(16)8-15-13(17)11-6-4-10(5-7-11)9-18-2/h4-7H,3,8-9H2,1-2H3,(H,14,16)(H,15,17). The number of nitrogens with one attached hydrogen (secondary N) is 2. The molecule has 0 aliphatic carbocycles. The monoisotopic (exact) mass is 266 g/mol. The topological polar surface area (TPSA) is 58.2 Å². The minimum atomic E-state index is -0.225. The molecular formula is C13H18N2O2S. The summed E-state index contributed by atoms with van der Waals surface area (Å²) in [5.41, 5.74) is 1.76. The summed E-state index contributed by atoms with van der Waals surface area (Å²) in [6, 6.07) is 7.41. The van der Waals surface area contributed by atoms with Crippen molar-refractivity contribution in [3.63, 3.8) is 0 Å². The van der Waals surface area contributed by atoms with Crippen LogP contribution in [0.4, 0.5) is 0 Å². The highest BCUT2D eigenvalue weighted by Gasteiger charge is 2.07. The number of rotatable bonds is 6. The van der Waals surface area contributed by atoms with Gasteiger partial charge in [0.25, 0.3) is 5.91 Å². The van der Waals surface area contributed by atoms with Crippen molar-refractivity contribution in [1.29, 1.82) is 0 Å². The molecule has 18 heavy (non-hydrogen) atoms. The Morgan fingerprint density at radius 1 is 1.17 bits per heavy atom. The lowest BCUT2D eigenvalue weighted by molar-refractivity contribution is -0.120. The number of hydrogen-bond acceptors (Lipinski definition) is 3. The molecule has 0 bridgehead atoms. The fourth-order valence-electron chi connectivity index (χ4n) is 1.44. The summed E-state index contributed by atoms with van der Waals surface area (Å²) in [4.78, 5) is 22.9. The molecule has 0 unspecified atom stereocenters. The van der Waals surface area contributed by atoms with Crippen molar-refractivity contribution in [3.8, 4) is 0 Å². The van der Waals surface area contributed by atoms with Crippen LogP contribution in [0.2, 0.25) is 0 Å². The molecule has 1 aromatic rings. The zero-order valence-electron chi connectivity index (χ0n) is 10.7. The maximum Gasteiger partial charge on any atom is 0.251 e. The molecular weight excluding hydrogens is 248 g/mol. The molecule has 0 heterocycles. The van der Waals surface area contributed by atoms with Gasteiger partial charge in [0, 0.05) is 17.9 Å². The van der Waals surface area contributed by atoms with Crippen molar-refractivity contribution >= 4 is 23.6 Å². The molecule has 1 aromatic carbocycles. The minimum absolute atomic E-state index is 0.0131. The first-order valence-corrected chi connectivity index (χ1v) is 7.19. The van der Waals surface area contributed by atoms with E-state index in [4.69, 9.17) is 0 Å². The predicted molar refractivity (Wildman–Crippen MR) is 74.7 cm³/mol. The van der Waals surface area contributed by atoms with Crippen LogP contribution in [0.3, 0.4) is 0 Å². The molecule has 0 radical (unpaired) electrons. The van der Waals surface area contributed by atoms with Crippen LogP contribution in [-0.2, 0) is 10.5 Å². The Kier molecular flexibility index (Phi) is 6.28. The summed E-state index contributed by atoms with van der Waals surface area (Å²) >= 11 is 1.74. The minimum Gasteiger partial charge on any atom is -0.355 e. The summed E-state index contributed by atoms with van der Waals surface area (Å²) in [5, 5.41) is 5.20. The lowest BCUT2D eigenvalue weighted by atomic mass is 10.1. The van der Waals surface area contributed by atoms with Gasteiger partial charge in [-0.3, -0.25) is 9.59 Å². The van der Waals surface area contributed by atoms with E-state index in [1.807, 2.05) is 25.3 Å². The highest BCUT2D eigenvalue weighted by Crippen LogP contribution is 2.10. The van der Waals surface area contributed by atoms with E-state index in [9.17, 15) is 9.59 Å². The Labute approximate surface area is 112 Å². The van der Waals surface area contributed by atoms with Gasteiger partial charge in [-0.25, -0.2) is 0 Å². The fourth-order valence-corrected chi connectivity index (χ4v) is 1.97. The van der Waals surface area contributed by atoms with Gasteiger partial charge in [0.1, 0.15) is 0 Å². The number of carbonyl (C=O) groups is 2. The third-order valence-corrected chi connectivity index (χ3v) is 2.93. The molecule has 0 saturated heterocycles. The number of hydrogen-bond donors (Lipinski definition) is 2. The predicted octanol–water partition coefficient (Wildman–Crippen LogP) is 1.42. The van der Waals surface area contributed by atoms with Crippen LogP contribution in [0.1, 0.15) is 22.8 Å². The van der Waals surface area contributed by atoms with Gasteiger partial charge in [0.05, 0.1) is 6.54 Å². The van der Waals surface area contributed by atoms with Gasteiger partial charge in [0.2, 0.25) is 5.91 Å². The quantitative estimate of drug-likeness (QED) is 0.818. The maximum absolute atomic E-state index is 11.7. The molecule has 0 fully saturated rings. The lowest BCUT2D eigenvalue weighted by Crippen LogP contribution is -2.36. The zero-order valence-corrected chi connectivity index (χ0v) is 11.5. The molecule has 5 heteroatoms. The number of carbonyl (C=O) groups excluding carboxylic acids is 2. The van der Waals surface area contributed by atoms with Gasteiger partial charge in [-0.15, -0.1) is 0 Å². The van der Waals surface area contributed by atoms with Crippen molar-refractivity contribution in [1.82, 2.24) is 10.6 Å². The number of likely N-dealkylation sites (N-methyl/N-ethyl adjacent to an activating group) is 1. The van der Waals surface area contributed by atoms with Crippen LogP contribution >= 0.6 is 11.8 Å². The molecule has 0 aliphatic rings. The Balaban J connectivity index is 2.48. The molecule has 4 nitrogen and oxygen atoms in total. The Morgan fingerprint density at radius 3 is 2.39 bits per heavy atom. The van der Waals surface area contributed by atoms with Gasteiger partial charge >= 0.3 is 0 Å². The van der Waals surface area contributed by atoms with E-state index >= 15 is 0 Å². The van der Waals surface area contributed by atoms with Crippen molar-refractivity contribution in [2.45, 2.75) is 12.7 Å². The SMILES string of the molecule is CCNC(=O)CNC(=O)c1ccc(CSC)cc1.